The van der Waals surface area contributed by atoms with E-state index in [1.165, 1.54) is 57.8 Å². The van der Waals surface area contributed by atoms with Crippen molar-refractivity contribution in [1.29, 1.82) is 0 Å². The molecule has 3 nitrogen and oxygen atoms in total. The van der Waals surface area contributed by atoms with Crippen molar-refractivity contribution in [2.24, 2.45) is 63.6 Å². The van der Waals surface area contributed by atoms with Gasteiger partial charge in [-0.15, -0.1) is 0 Å². The normalized spacial score (nSPS) is 53.6. The van der Waals surface area contributed by atoms with Crippen LogP contribution in [0.2, 0.25) is 0 Å². The first kappa shape index (κ1) is 24.1. The molecule has 0 aromatic heterocycles. The standard InChI is InChI=1S/C30H50O3/c1-18(2)21-9-15-30(17-33-20(4)31)16-11-24-22(27(21)30)7-8-26-28(5)14-12-25(32)19(3)23(28)10-13-29(24,26)6/h18-19,21-27,32H,7-17H2,1-6H3/t19-,21+,22+,23-,24-,25+,26+,27+,28+,29+,30+/m1/s1. The Kier molecular flexibility index (Phi) is 6.03. The van der Waals surface area contributed by atoms with E-state index < -0.39 is 0 Å². The Labute approximate surface area is 202 Å². The first-order valence-electron chi connectivity index (χ1n) is 14.3. The van der Waals surface area contributed by atoms with Crippen LogP contribution in [0.1, 0.15) is 106 Å². The molecule has 0 aliphatic heterocycles. The number of carbonyl (C=O) groups excluding carboxylic acids is 1. The molecule has 0 unspecified atom stereocenters. The number of fused-ring (bicyclic) bond motifs is 7. The van der Waals surface area contributed by atoms with Crippen molar-refractivity contribution in [2.75, 3.05) is 6.61 Å². The molecule has 1 N–H and O–H groups in total. The monoisotopic (exact) mass is 458 g/mol. The van der Waals surface area contributed by atoms with Gasteiger partial charge in [-0.3, -0.25) is 4.79 Å². The smallest absolute Gasteiger partial charge is 0.302 e. The van der Waals surface area contributed by atoms with Crippen LogP contribution in [0.5, 0.6) is 0 Å². The molecule has 0 spiro atoms. The first-order chi connectivity index (χ1) is 15.5. The van der Waals surface area contributed by atoms with E-state index in [9.17, 15) is 9.90 Å². The highest BCUT2D eigenvalue weighted by molar-refractivity contribution is 5.65. The van der Waals surface area contributed by atoms with Gasteiger partial charge in [0.15, 0.2) is 0 Å². The second-order valence-corrected chi connectivity index (χ2v) is 14.2. The minimum absolute atomic E-state index is 0.0920. The lowest BCUT2D eigenvalue weighted by molar-refractivity contribution is -0.202. The lowest BCUT2D eigenvalue weighted by Crippen LogP contribution is -2.61. The van der Waals surface area contributed by atoms with Gasteiger partial charge in [-0.1, -0.05) is 34.6 Å². The van der Waals surface area contributed by atoms with Gasteiger partial charge in [0.2, 0.25) is 0 Å². The van der Waals surface area contributed by atoms with Crippen molar-refractivity contribution in [3.8, 4) is 0 Å². The van der Waals surface area contributed by atoms with E-state index in [1.54, 1.807) is 6.92 Å². The summed E-state index contributed by atoms with van der Waals surface area (Å²) in [6, 6.07) is 0. The average molecular weight is 459 g/mol. The second-order valence-electron chi connectivity index (χ2n) is 14.2. The number of esters is 1. The van der Waals surface area contributed by atoms with Gasteiger partial charge in [0.25, 0.3) is 0 Å². The molecule has 0 heterocycles. The molecule has 188 valence electrons. The summed E-state index contributed by atoms with van der Waals surface area (Å²) in [7, 11) is 0. The molecule has 5 rings (SSSR count). The molecular weight excluding hydrogens is 408 g/mol. The first-order valence-corrected chi connectivity index (χ1v) is 14.3. The van der Waals surface area contributed by atoms with E-state index in [0.29, 0.717) is 35.2 Å². The van der Waals surface area contributed by atoms with Crippen molar-refractivity contribution < 1.29 is 14.6 Å². The predicted octanol–water partition coefficient (Wildman–Crippen LogP) is 6.87. The van der Waals surface area contributed by atoms with Gasteiger partial charge in [0.1, 0.15) is 0 Å². The lowest BCUT2D eigenvalue weighted by Gasteiger charge is -2.68. The zero-order valence-corrected chi connectivity index (χ0v) is 22.2. The highest BCUT2D eigenvalue weighted by atomic mass is 16.5. The molecule has 3 heteroatoms. The molecule has 5 fully saturated rings. The molecule has 33 heavy (non-hydrogen) atoms. The minimum atomic E-state index is -0.103. The maximum atomic E-state index is 11.8. The third-order valence-electron chi connectivity index (χ3n) is 12.8. The van der Waals surface area contributed by atoms with Gasteiger partial charge in [-0.25, -0.2) is 0 Å². The molecule has 5 aliphatic carbocycles. The summed E-state index contributed by atoms with van der Waals surface area (Å²) in [6.07, 6.45) is 12.7. The molecule has 11 atom stereocenters. The van der Waals surface area contributed by atoms with Crippen LogP contribution in [-0.4, -0.2) is 23.8 Å². The molecule has 0 radical (unpaired) electrons. The Hall–Kier alpha value is -0.570. The van der Waals surface area contributed by atoms with E-state index in [2.05, 4.69) is 34.6 Å². The van der Waals surface area contributed by atoms with Gasteiger partial charge in [-0.2, -0.15) is 0 Å². The van der Waals surface area contributed by atoms with Crippen LogP contribution in [0.15, 0.2) is 0 Å². The third-order valence-corrected chi connectivity index (χ3v) is 12.8. The summed E-state index contributed by atoms with van der Waals surface area (Å²) in [5.74, 6) is 5.70. The van der Waals surface area contributed by atoms with Crippen LogP contribution in [0, 0.1) is 63.6 Å². The van der Waals surface area contributed by atoms with Crippen LogP contribution in [-0.2, 0) is 9.53 Å². The summed E-state index contributed by atoms with van der Waals surface area (Å²) in [5.41, 5.74) is 1.07. The van der Waals surface area contributed by atoms with Gasteiger partial charge in [0.05, 0.1) is 12.7 Å². The van der Waals surface area contributed by atoms with Crippen LogP contribution in [0.25, 0.3) is 0 Å². The number of aliphatic hydroxyl groups is 1. The molecule has 0 amide bonds. The topological polar surface area (TPSA) is 46.5 Å². The Balaban J connectivity index is 1.46. The average Bonchev–Trinajstić information content (AvgIpc) is 3.16. The zero-order valence-electron chi connectivity index (χ0n) is 22.2. The molecule has 5 aliphatic rings. The number of rotatable bonds is 3. The summed E-state index contributed by atoms with van der Waals surface area (Å²) in [5, 5.41) is 10.6. The van der Waals surface area contributed by atoms with Crippen molar-refractivity contribution in [2.45, 2.75) is 112 Å². The van der Waals surface area contributed by atoms with Crippen LogP contribution in [0.4, 0.5) is 0 Å². The van der Waals surface area contributed by atoms with E-state index in [1.807, 2.05) is 0 Å². The van der Waals surface area contributed by atoms with Crippen molar-refractivity contribution in [3.05, 3.63) is 0 Å². The Morgan fingerprint density at radius 1 is 0.939 bits per heavy atom. The summed E-state index contributed by atoms with van der Waals surface area (Å²) < 4.78 is 5.77. The molecule has 5 saturated carbocycles. The van der Waals surface area contributed by atoms with Gasteiger partial charge in [-0.05, 0) is 122 Å². The third kappa shape index (κ3) is 3.48. The second kappa shape index (κ2) is 8.24. The van der Waals surface area contributed by atoms with E-state index >= 15 is 0 Å². The maximum absolute atomic E-state index is 11.8. The number of hydrogen-bond donors (Lipinski definition) is 1. The van der Waals surface area contributed by atoms with Crippen LogP contribution >= 0.6 is 0 Å². The maximum Gasteiger partial charge on any atom is 0.302 e. The number of carbonyl (C=O) groups is 1. The Bertz CT molecular complexity index is 762. The SMILES string of the molecule is CC(=O)OC[C@]12CC[C@@H]3[C@H](CC[C@H]4[C@@]5(C)CC[C@H](O)[C@H](C)[C@H]5CC[C@]43C)[C@@H]1[C@H](C(C)C)CC2. The van der Waals surface area contributed by atoms with Gasteiger partial charge >= 0.3 is 5.97 Å². The zero-order chi connectivity index (χ0) is 23.8. The van der Waals surface area contributed by atoms with Gasteiger partial charge in [0, 0.05) is 12.3 Å². The van der Waals surface area contributed by atoms with Crippen LogP contribution < -0.4 is 0 Å². The van der Waals surface area contributed by atoms with Crippen molar-refractivity contribution in [1.82, 2.24) is 0 Å². The van der Waals surface area contributed by atoms with E-state index in [-0.39, 0.29) is 17.5 Å². The molecule has 0 aromatic carbocycles. The fraction of sp³-hybridized carbons (Fsp3) is 0.967. The minimum Gasteiger partial charge on any atom is -0.465 e. The Morgan fingerprint density at radius 3 is 2.27 bits per heavy atom. The molecular formula is C30H50O3. The highest BCUT2D eigenvalue weighted by Gasteiger charge is 2.66. The molecule has 0 saturated heterocycles. The fourth-order valence-electron chi connectivity index (χ4n) is 11.3. The number of hydrogen-bond acceptors (Lipinski definition) is 3. The number of ether oxygens (including phenoxy) is 1. The van der Waals surface area contributed by atoms with Crippen LogP contribution in [0.3, 0.4) is 0 Å². The molecule has 0 bridgehead atoms. The largest absolute Gasteiger partial charge is 0.465 e. The number of aliphatic hydroxyl groups excluding tert-OH is 1. The van der Waals surface area contributed by atoms with E-state index in [0.717, 1.165) is 36.0 Å². The predicted molar refractivity (Wildman–Crippen MR) is 132 cm³/mol. The Morgan fingerprint density at radius 2 is 1.58 bits per heavy atom. The van der Waals surface area contributed by atoms with Gasteiger partial charge < -0.3 is 9.84 Å². The highest BCUT2D eigenvalue weighted by Crippen LogP contribution is 2.72. The molecule has 0 aromatic rings. The van der Waals surface area contributed by atoms with Crippen molar-refractivity contribution in [3.63, 3.8) is 0 Å². The fourth-order valence-corrected chi connectivity index (χ4v) is 11.3. The lowest BCUT2D eigenvalue weighted by atomic mass is 9.37. The quantitative estimate of drug-likeness (QED) is 0.470. The van der Waals surface area contributed by atoms with E-state index in [4.69, 9.17) is 4.74 Å². The van der Waals surface area contributed by atoms with Crippen molar-refractivity contribution >= 4 is 5.97 Å². The summed E-state index contributed by atoms with van der Waals surface area (Å²) >= 11 is 0. The summed E-state index contributed by atoms with van der Waals surface area (Å²) in [4.78, 5) is 11.8. The summed E-state index contributed by atoms with van der Waals surface area (Å²) in [6.45, 7) is 14.7.